The number of hydrogen-bond donors (Lipinski definition) is 3. The van der Waals surface area contributed by atoms with E-state index >= 15 is 0 Å². The molecule has 3 rings (SSSR count). The second kappa shape index (κ2) is 7.14. The number of aromatic amines is 1. The topological polar surface area (TPSA) is 110 Å². The Morgan fingerprint density at radius 1 is 1.30 bits per heavy atom. The molecule has 0 spiro atoms. The Morgan fingerprint density at radius 2 is 2.04 bits per heavy atom. The third-order valence-corrected chi connectivity index (χ3v) is 4.31. The number of ether oxygens (including phenoxy) is 2. The summed E-state index contributed by atoms with van der Waals surface area (Å²) in [5, 5.41) is 5.49. The van der Waals surface area contributed by atoms with Gasteiger partial charge in [-0.1, -0.05) is 0 Å². The van der Waals surface area contributed by atoms with Gasteiger partial charge in [0.15, 0.2) is 6.10 Å². The molecular formula is C19H21N3O5. The van der Waals surface area contributed by atoms with Crippen LogP contribution in [0.4, 0.5) is 11.4 Å². The summed E-state index contributed by atoms with van der Waals surface area (Å²) in [6.45, 7) is 7.04. The highest BCUT2D eigenvalue weighted by Gasteiger charge is 2.25. The van der Waals surface area contributed by atoms with E-state index in [2.05, 4.69) is 15.6 Å². The van der Waals surface area contributed by atoms with Gasteiger partial charge in [-0.25, -0.2) is 4.79 Å². The van der Waals surface area contributed by atoms with Gasteiger partial charge in [-0.15, -0.1) is 0 Å². The maximum Gasteiger partial charge on any atom is 0.340 e. The van der Waals surface area contributed by atoms with Gasteiger partial charge < -0.3 is 25.1 Å². The maximum absolute atomic E-state index is 12.7. The van der Waals surface area contributed by atoms with Crippen molar-refractivity contribution in [3.63, 3.8) is 0 Å². The molecule has 1 aliphatic heterocycles. The van der Waals surface area contributed by atoms with Crippen LogP contribution in [0.2, 0.25) is 0 Å². The minimum Gasteiger partial charge on any atom is -0.479 e. The Bertz CT molecular complexity index is 932. The molecule has 0 saturated heterocycles. The van der Waals surface area contributed by atoms with Crippen LogP contribution in [0.15, 0.2) is 18.2 Å². The molecule has 0 bridgehead atoms. The van der Waals surface area contributed by atoms with Crippen LogP contribution in [0.1, 0.15) is 46.0 Å². The lowest BCUT2D eigenvalue weighted by atomic mass is 10.1. The van der Waals surface area contributed by atoms with Crippen LogP contribution in [-0.4, -0.2) is 35.5 Å². The van der Waals surface area contributed by atoms with Crippen molar-refractivity contribution in [1.82, 2.24) is 4.98 Å². The summed E-state index contributed by atoms with van der Waals surface area (Å²) in [7, 11) is 0. The summed E-state index contributed by atoms with van der Waals surface area (Å²) in [5.41, 5.74) is 2.70. The molecule has 2 heterocycles. The first-order valence-corrected chi connectivity index (χ1v) is 8.61. The Kier molecular flexibility index (Phi) is 4.89. The van der Waals surface area contributed by atoms with Crippen LogP contribution in [0.5, 0.6) is 5.75 Å². The van der Waals surface area contributed by atoms with E-state index in [1.807, 2.05) is 0 Å². The highest BCUT2D eigenvalue weighted by atomic mass is 16.5. The van der Waals surface area contributed by atoms with Crippen LogP contribution in [0, 0.1) is 13.8 Å². The summed E-state index contributed by atoms with van der Waals surface area (Å²) >= 11 is 0. The van der Waals surface area contributed by atoms with E-state index in [1.165, 1.54) is 0 Å². The number of amides is 2. The van der Waals surface area contributed by atoms with Crippen LogP contribution < -0.4 is 15.4 Å². The molecule has 142 valence electrons. The third-order valence-electron chi connectivity index (χ3n) is 4.31. The fourth-order valence-electron chi connectivity index (χ4n) is 2.97. The van der Waals surface area contributed by atoms with Gasteiger partial charge in [-0.2, -0.15) is 0 Å². The Hall–Kier alpha value is -3.29. The number of nitrogens with one attached hydrogen (secondary N) is 3. The van der Waals surface area contributed by atoms with E-state index in [4.69, 9.17) is 9.47 Å². The molecule has 1 aromatic carbocycles. The lowest BCUT2D eigenvalue weighted by Gasteiger charge is -2.23. The molecule has 0 saturated carbocycles. The summed E-state index contributed by atoms with van der Waals surface area (Å²) < 4.78 is 10.5. The molecular weight excluding hydrogens is 350 g/mol. The van der Waals surface area contributed by atoms with Gasteiger partial charge in [0.25, 0.3) is 11.8 Å². The summed E-state index contributed by atoms with van der Waals surface area (Å²) in [6.07, 6.45) is -0.566. The first-order valence-electron chi connectivity index (χ1n) is 8.61. The third kappa shape index (κ3) is 3.51. The van der Waals surface area contributed by atoms with Crippen LogP contribution in [-0.2, 0) is 9.53 Å². The minimum atomic E-state index is -0.566. The first-order chi connectivity index (χ1) is 12.8. The second-order valence-corrected chi connectivity index (χ2v) is 6.26. The van der Waals surface area contributed by atoms with Crippen molar-refractivity contribution in [3.8, 4) is 5.75 Å². The number of aromatic nitrogens is 1. The van der Waals surface area contributed by atoms with Crippen molar-refractivity contribution >= 4 is 29.2 Å². The minimum absolute atomic E-state index is 0.249. The molecule has 1 atom stereocenters. The number of hydrogen-bond acceptors (Lipinski definition) is 5. The molecule has 8 nitrogen and oxygen atoms in total. The second-order valence-electron chi connectivity index (χ2n) is 6.26. The van der Waals surface area contributed by atoms with E-state index in [-0.39, 0.29) is 18.2 Å². The molecule has 3 N–H and O–H groups in total. The van der Waals surface area contributed by atoms with Crippen molar-refractivity contribution in [3.05, 3.63) is 40.7 Å². The molecule has 0 fully saturated rings. The van der Waals surface area contributed by atoms with Crippen LogP contribution >= 0.6 is 0 Å². The zero-order valence-electron chi connectivity index (χ0n) is 15.6. The Balaban J connectivity index is 1.82. The average molecular weight is 371 g/mol. The van der Waals surface area contributed by atoms with Crippen molar-refractivity contribution in [2.24, 2.45) is 0 Å². The molecule has 1 unspecified atom stereocenters. The normalized spacial score (nSPS) is 15.4. The first kappa shape index (κ1) is 18.5. The highest BCUT2D eigenvalue weighted by molar-refractivity contribution is 6.07. The van der Waals surface area contributed by atoms with E-state index in [0.717, 1.165) is 0 Å². The molecule has 0 radical (unpaired) electrons. The van der Waals surface area contributed by atoms with Gasteiger partial charge >= 0.3 is 5.97 Å². The SMILES string of the molecule is CCOC(=O)c1c(C)[nH]c(C(=O)Nc2ccc3c(c2)NC(=O)C(C)O3)c1C. The number of H-pyrrole nitrogens is 1. The molecule has 27 heavy (non-hydrogen) atoms. The fourth-order valence-corrected chi connectivity index (χ4v) is 2.97. The van der Waals surface area contributed by atoms with Crippen molar-refractivity contribution in [1.29, 1.82) is 0 Å². The van der Waals surface area contributed by atoms with Crippen molar-refractivity contribution in [2.45, 2.75) is 33.8 Å². The van der Waals surface area contributed by atoms with E-state index in [9.17, 15) is 14.4 Å². The van der Waals surface area contributed by atoms with Gasteiger partial charge in [-0.3, -0.25) is 9.59 Å². The fraction of sp³-hybridized carbons (Fsp3) is 0.316. The maximum atomic E-state index is 12.7. The van der Waals surface area contributed by atoms with E-state index < -0.39 is 18.0 Å². The number of anilines is 2. The van der Waals surface area contributed by atoms with Gasteiger partial charge in [-0.05, 0) is 51.5 Å². The van der Waals surface area contributed by atoms with Crippen LogP contribution in [0.25, 0.3) is 0 Å². The van der Waals surface area contributed by atoms with E-state index in [1.54, 1.807) is 45.9 Å². The van der Waals surface area contributed by atoms with Crippen molar-refractivity contribution in [2.75, 3.05) is 17.2 Å². The van der Waals surface area contributed by atoms with Gasteiger partial charge in [0.2, 0.25) is 0 Å². The molecule has 1 aromatic heterocycles. The number of fused-ring (bicyclic) bond motifs is 1. The smallest absolute Gasteiger partial charge is 0.340 e. The standard InChI is InChI=1S/C19H21N3O5/c1-5-26-19(25)15-9(2)16(20-10(15)3)18(24)21-12-6-7-14-13(8-12)22-17(23)11(4)27-14/h6-8,11,20H,5H2,1-4H3,(H,21,24)(H,22,23). The highest BCUT2D eigenvalue weighted by Crippen LogP contribution is 2.32. The van der Waals surface area contributed by atoms with Crippen molar-refractivity contribution < 1.29 is 23.9 Å². The molecule has 2 amide bonds. The number of carbonyl (C=O) groups is 3. The van der Waals surface area contributed by atoms with E-state index in [0.29, 0.717) is 33.9 Å². The molecule has 2 aromatic rings. The number of benzene rings is 1. The predicted octanol–water partition coefficient (Wildman–Crippen LogP) is 2.78. The zero-order chi connectivity index (χ0) is 19.7. The number of esters is 1. The zero-order valence-corrected chi connectivity index (χ0v) is 15.6. The van der Waals surface area contributed by atoms with Gasteiger partial charge in [0.05, 0.1) is 17.9 Å². The predicted molar refractivity (Wildman–Crippen MR) is 99.3 cm³/mol. The monoisotopic (exact) mass is 371 g/mol. The lowest BCUT2D eigenvalue weighted by molar-refractivity contribution is -0.122. The van der Waals surface area contributed by atoms with Crippen LogP contribution in [0.3, 0.4) is 0 Å². The summed E-state index contributed by atoms with van der Waals surface area (Å²) in [5.74, 6) is -0.578. The van der Waals surface area contributed by atoms with Gasteiger partial charge in [0, 0.05) is 11.4 Å². The molecule has 1 aliphatic rings. The largest absolute Gasteiger partial charge is 0.479 e. The number of rotatable bonds is 4. The number of carbonyl (C=O) groups excluding carboxylic acids is 3. The summed E-state index contributed by atoms with van der Waals surface area (Å²) in [4.78, 5) is 39.4. The van der Waals surface area contributed by atoms with Gasteiger partial charge in [0.1, 0.15) is 11.4 Å². The average Bonchev–Trinajstić information content (AvgIpc) is 2.91. The Morgan fingerprint density at radius 3 is 2.74 bits per heavy atom. The lowest BCUT2D eigenvalue weighted by Crippen LogP contribution is -2.34. The molecule has 8 heteroatoms. The molecule has 0 aliphatic carbocycles. The number of aryl methyl sites for hydroxylation is 1. The Labute approximate surface area is 156 Å². The quantitative estimate of drug-likeness (QED) is 0.716. The summed E-state index contributed by atoms with van der Waals surface area (Å²) in [6, 6.07) is 4.98.